The Hall–Kier alpha value is -2.62. The number of anilines is 1. The fourth-order valence-corrected chi connectivity index (χ4v) is 4.62. The fraction of sp³-hybridized carbons (Fsp3) is 0.409. The predicted octanol–water partition coefficient (Wildman–Crippen LogP) is 1.97. The molecule has 1 aliphatic rings. The van der Waals surface area contributed by atoms with Gasteiger partial charge in [-0.25, -0.2) is 8.42 Å². The van der Waals surface area contributed by atoms with Gasteiger partial charge in [0.15, 0.2) is 0 Å². The van der Waals surface area contributed by atoms with Gasteiger partial charge in [-0.2, -0.15) is 0 Å². The van der Waals surface area contributed by atoms with E-state index in [4.69, 9.17) is 9.47 Å². The van der Waals surface area contributed by atoms with Crippen LogP contribution in [0.4, 0.5) is 5.69 Å². The van der Waals surface area contributed by atoms with Crippen molar-refractivity contribution in [3.63, 3.8) is 0 Å². The maximum absolute atomic E-state index is 13.1. The molecular weight excluding hydrogens is 418 g/mol. The van der Waals surface area contributed by atoms with Gasteiger partial charge in [0.05, 0.1) is 30.9 Å². The largest absolute Gasteiger partial charge is 0.497 e. The van der Waals surface area contributed by atoms with Crippen molar-refractivity contribution in [3.05, 3.63) is 54.1 Å². The van der Waals surface area contributed by atoms with Gasteiger partial charge in [0.1, 0.15) is 5.75 Å². The van der Waals surface area contributed by atoms with Crippen LogP contribution in [0.25, 0.3) is 0 Å². The van der Waals surface area contributed by atoms with E-state index in [1.54, 1.807) is 43.5 Å². The van der Waals surface area contributed by atoms with Crippen LogP contribution in [0.3, 0.4) is 0 Å². The second-order valence-electron chi connectivity index (χ2n) is 7.41. The van der Waals surface area contributed by atoms with E-state index in [9.17, 15) is 13.2 Å². The van der Waals surface area contributed by atoms with Crippen LogP contribution >= 0.6 is 0 Å². The first-order chi connectivity index (χ1) is 14.8. The van der Waals surface area contributed by atoms with Gasteiger partial charge >= 0.3 is 0 Å². The summed E-state index contributed by atoms with van der Waals surface area (Å²) in [5.41, 5.74) is 0.799. The molecule has 31 heavy (non-hydrogen) atoms. The first-order valence-electron chi connectivity index (χ1n) is 10.2. The van der Waals surface area contributed by atoms with Crippen molar-refractivity contribution in [2.45, 2.75) is 17.9 Å². The van der Waals surface area contributed by atoms with Crippen LogP contribution in [0.15, 0.2) is 53.4 Å². The maximum Gasteiger partial charge on any atom is 0.264 e. The number of nitrogens with one attached hydrogen (secondary N) is 1. The smallest absolute Gasteiger partial charge is 0.264 e. The summed E-state index contributed by atoms with van der Waals surface area (Å²) in [5, 5.41) is 2.90. The quantitative estimate of drug-likeness (QED) is 0.666. The number of sulfonamides is 1. The summed E-state index contributed by atoms with van der Waals surface area (Å²) in [4.78, 5) is 15.0. The number of amides is 1. The van der Waals surface area contributed by atoms with Crippen LogP contribution in [-0.4, -0.2) is 72.3 Å². The molecule has 1 saturated heterocycles. The number of carbonyl (C=O) groups is 1. The van der Waals surface area contributed by atoms with Gasteiger partial charge in [-0.15, -0.1) is 0 Å². The molecule has 0 aliphatic carbocycles. The zero-order chi connectivity index (χ0) is 22.4. The molecule has 1 amide bonds. The third-order valence-corrected chi connectivity index (χ3v) is 7.20. The normalized spacial score (nSPS) is 15.8. The molecule has 0 bridgehead atoms. The lowest BCUT2D eigenvalue weighted by atomic mass is 10.2. The van der Waals surface area contributed by atoms with Crippen LogP contribution in [0.2, 0.25) is 0 Å². The van der Waals surface area contributed by atoms with Gasteiger partial charge in [0.25, 0.3) is 15.9 Å². The minimum absolute atomic E-state index is 0.0553. The summed E-state index contributed by atoms with van der Waals surface area (Å²) >= 11 is 0. The molecule has 9 heteroatoms. The van der Waals surface area contributed by atoms with Crippen molar-refractivity contribution in [2.75, 3.05) is 51.3 Å². The number of hydrogen-bond acceptors (Lipinski definition) is 6. The van der Waals surface area contributed by atoms with Gasteiger partial charge in [-0.1, -0.05) is 6.07 Å². The van der Waals surface area contributed by atoms with Crippen molar-refractivity contribution in [3.8, 4) is 5.75 Å². The molecule has 1 atom stereocenters. The minimum Gasteiger partial charge on any atom is -0.497 e. The Morgan fingerprint density at radius 1 is 1.19 bits per heavy atom. The molecule has 1 N–H and O–H groups in total. The van der Waals surface area contributed by atoms with E-state index in [1.807, 2.05) is 0 Å². The van der Waals surface area contributed by atoms with Crippen LogP contribution < -0.4 is 14.4 Å². The maximum atomic E-state index is 13.1. The van der Waals surface area contributed by atoms with Crippen LogP contribution in [0.1, 0.15) is 17.3 Å². The lowest BCUT2D eigenvalue weighted by Crippen LogP contribution is -2.47. The monoisotopic (exact) mass is 447 g/mol. The number of nitrogens with zero attached hydrogens (tertiary/aromatic N) is 2. The van der Waals surface area contributed by atoms with Crippen LogP contribution in [-0.2, 0) is 14.8 Å². The van der Waals surface area contributed by atoms with Crippen LogP contribution in [0, 0.1) is 0 Å². The predicted molar refractivity (Wildman–Crippen MR) is 119 cm³/mol. The van der Waals surface area contributed by atoms with Gasteiger partial charge in [0, 0.05) is 38.3 Å². The van der Waals surface area contributed by atoms with E-state index in [1.165, 1.54) is 23.5 Å². The second-order valence-corrected chi connectivity index (χ2v) is 9.38. The zero-order valence-corrected chi connectivity index (χ0v) is 18.9. The molecule has 2 aromatic carbocycles. The summed E-state index contributed by atoms with van der Waals surface area (Å²) in [6.45, 7) is 5.59. The van der Waals surface area contributed by atoms with Crippen molar-refractivity contribution in [1.82, 2.24) is 10.2 Å². The Labute approximate surface area is 183 Å². The summed E-state index contributed by atoms with van der Waals surface area (Å²) in [5.74, 6) is 0.337. The third-order valence-electron chi connectivity index (χ3n) is 5.42. The number of hydrogen-bond donors (Lipinski definition) is 1. The Bertz CT molecular complexity index is 988. The van der Waals surface area contributed by atoms with E-state index in [0.29, 0.717) is 36.8 Å². The Morgan fingerprint density at radius 2 is 1.87 bits per heavy atom. The number of carbonyl (C=O) groups excluding carboxylic acids is 1. The Morgan fingerprint density at radius 3 is 2.52 bits per heavy atom. The number of benzene rings is 2. The summed E-state index contributed by atoms with van der Waals surface area (Å²) in [6, 6.07) is 13.0. The van der Waals surface area contributed by atoms with Gasteiger partial charge in [-0.3, -0.25) is 14.0 Å². The molecule has 0 radical (unpaired) electrons. The molecule has 0 aromatic heterocycles. The molecule has 168 valence electrons. The van der Waals surface area contributed by atoms with E-state index in [-0.39, 0.29) is 16.8 Å². The average molecular weight is 448 g/mol. The van der Waals surface area contributed by atoms with Gasteiger partial charge in [0.2, 0.25) is 0 Å². The molecule has 8 nitrogen and oxygen atoms in total. The van der Waals surface area contributed by atoms with E-state index >= 15 is 0 Å². The average Bonchev–Trinajstić information content (AvgIpc) is 2.82. The summed E-state index contributed by atoms with van der Waals surface area (Å²) < 4.78 is 37.8. The lowest BCUT2D eigenvalue weighted by molar-refractivity contribution is 0.0204. The molecule has 0 saturated carbocycles. The third kappa shape index (κ3) is 5.55. The molecule has 1 unspecified atom stereocenters. The molecule has 1 fully saturated rings. The first kappa shape index (κ1) is 23.1. The summed E-state index contributed by atoms with van der Waals surface area (Å²) in [7, 11) is -0.796. The highest BCUT2D eigenvalue weighted by molar-refractivity contribution is 7.92. The fourth-order valence-electron chi connectivity index (χ4n) is 3.38. The topological polar surface area (TPSA) is 88.2 Å². The number of methoxy groups -OCH3 is 1. The standard InChI is InChI=1S/C22H29N3O5S/c1-17(25-11-13-30-14-12-25)16-23-22(26)18-5-4-6-21(15-18)31(27,28)24(2)19-7-9-20(29-3)10-8-19/h4-10,15,17H,11-14,16H2,1-3H3,(H,23,26). The first-order valence-corrected chi connectivity index (χ1v) is 11.6. The molecule has 3 rings (SSSR count). The van der Waals surface area contributed by atoms with Crippen molar-refractivity contribution < 1.29 is 22.7 Å². The highest BCUT2D eigenvalue weighted by atomic mass is 32.2. The molecule has 2 aromatic rings. The van der Waals surface area contributed by atoms with Gasteiger partial charge in [-0.05, 0) is 49.4 Å². The molecular formula is C22H29N3O5S. The van der Waals surface area contributed by atoms with E-state index in [2.05, 4.69) is 17.1 Å². The molecule has 1 heterocycles. The Kier molecular flexibility index (Phi) is 7.53. The minimum atomic E-state index is -3.83. The molecule has 0 spiro atoms. The zero-order valence-electron chi connectivity index (χ0n) is 18.1. The molecule has 1 aliphatic heterocycles. The van der Waals surface area contributed by atoms with E-state index in [0.717, 1.165) is 13.1 Å². The number of morpholine rings is 1. The van der Waals surface area contributed by atoms with E-state index < -0.39 is 10.0 Å². The van der Waals surface area contributed by atoms with Crippen LogP contribution in [0.5, 0.6) is 5.75 Å². The lowest BCUT2D eigenvalue weighted by Gasteiger charge is -2.32. The highest BCUT2D eigenvalue weighted by Gasteiger charge is 2.23. The van der Waals surface area contributed by atoms with Gasteiger partial charge < -0.3 is 14.8 Å². The van der Waals surface area contributed by atoms with Crippen molar-refractivity contribution in [1.29, 1.82) is 0 Å². The van der Waals surface area contributed by atoms with Crippen molar-refractivity contribution in [2.24, 2.45) is 0 Å². The Balaban J connectivity index is 1.69. The van der Waals surface area contributed by atoms with Crippen molar-refractivity contribution >= 4 is 21.6 Å². The number of ether oxygens (including phenoxy) is 2. The number of rotatable bonds is 8. The second kappa shape index (κ2) is 10.1. The summed E-state index contributed by atoms with van der Waals surface area (Å²) in [6.07, 6.45) is 0. The highest BCUT2D eigenvalue weighted by Crippen LogP contribution is 2.24. The SMILES string of the molecule is COc1ccc(N(C)S(=O)(=O)c2cccc(C(=O)NCC(C)N3CCOCC3)c2)cc1.